The van der Waals surface area contributed by atoms with Crippen LogP contribution >= 0.6 is 0 Å². The van der Waals surface area contributed by atoms with Gasteiger partial charge >= 0.3 is 0 Å². The van der Waals surface area contributed by atoms with Crippen LogP contribution in [0.25, 0.3) is 0 Å². The van der Waals surface area contributed by atoms with Gasteiger partial charge in [-0.05, 0) is 31.5 Å². The zero-order valence-electron chi connectivity index (χ0n) is 17.3. The van der Waals surface area contributed by atoms with Crippen LogP contribution in [0.1, 0.15) is 28.7 Å². The largest absolute Gasteiger partial charge is 0.494 e. The Morgan fingerprint density at radius 1 is 1.17 bits per heavy atom. The number of benzene rings is 1. The molecule has 2 aromatic rings. The summed E-state index contributed by atoms with van der Waals surface area (Å²) >= 11 is 0. The summed E-state index contributed by atoms with van der Waals surface area (Å²) in [7, 11) is 1.81. The number of nitrogens with zero attached hydrogens (tertiary/aromatic N) is 4. The molecular weight excluding hydrogens is 372 g/mol. The Hall–Kier alpha value is -2.87. The van der Waals surface area contributed by atoms with Crippen molar-refractivity contribution in [2.45, 2.75) is 20.4 Å². The number of amides is 2. The Bertz CT molecular complexity index is 825. The highest BCUT2D eigenvalue weighted by atomic mass is 16.5. The van der Waals surface area contributed by atoms with Crippen molar-refractivity contribution in [2.75, 3.05) is 46.4 Å². The maximum Gasteiger partial charge on any atom is 0.292 e. The number of piperazine rings is 1. The predicted molar refractivity (Wildman–Crippen MR) is 108 cm³/mol. The molecule has 0 atom stereocenters. The van der Waals surface area contributed by atoms with Gasteiger partial charge in [0.2, 0.25) is 11.7 Å². The van der Waals surface area contributed by atoms with Gasteiger partial charge in [-0.3, -0.25) is 14.5 Å². The van der Waals surface area contributed by atoms with Crippen molar-refractivity contribution < 1.29 is 18.8 Å². The molecule has 0 aliphatic carbocycles. The van der Waals surface area contributed by atoms with E-state index in [1.165, 1.54) is 0 Å². The van der Waals surface area contributed by atoms with E-state index in [0.29, 0.717) is 51.6 Å². The number of carbonyl (C=O) groups excluding carboxylic acids is 2. The van der Waals surface area contributed by atoms with Crippen molar-refractivity contribution in [3.8, 4) is 5.75 Å². The number of carbonyl (C=O) groups is 2. The SMILES string of the molecule is CCOc1ccc(CN(C)C(=O)CN2CCN(C(=O)c3cc(C)no3)CC2)cc1. The van der Waals surface area contributed by atoms with Crippen molar-refractivity contribution in [2.24, 2.45) is 0 Å². The van der Waals surface area contributed by atoms with E-state index in [2.05, 4.69) is 10.1 Å². The van der Waals surface area contributed by atoms with Crippen LogP contribution in [0.4, 0.5) is 0 Å². The van der Waals surface area contributed by atoms with Gasteiger partial charge in [0, 0.05) is 45.8 Å². The van der Waals surface area contributed by atoms with Crippen LogP contribution in [0.5, 0.6) is 5.75 Å². The first-order valence-electron chi connectivity index (χ1n) is 9.87. The average Bonchev–Trinajstić information content (AvgIpc) is 3.16. The zero-order valence-corrected chi connectivity index (χ0v) is 17.3. The molecule has 0 unspecified atom stereocenters. The van der Waals surface area contributed by atoms with Gasteiger partial charge in [-0.1, -0.05) is 17.3 Å². The van der Waals surface area contributed by atoms with E-state index < -0.39 is 0 Å². The minimum absolute atomic E-state index is 0.0597. The van der Waals surface area contributed by atoms with Gasteiger partial charge in [0.25, 0.3) is 5.91 Å². The third-order valence-corrected chi connectivity index (χ3v) is 4.94. The Morgan fingerprint density at radius 3 is 2.45 bits per heavy atom. The van der Waals surface area contributed by atoms with E-state index in [4.69, 9.17) is 9.26 Å². The van der Waals surface area contributed by atoms with Crippen molar-refractivity contribution in [1.29, 1.82) is 0 Å². The predicted octanol–water partition coefficient (Wildman–Crippen LogP) is 1.80. The Labute approximate surface area is 171 Å². The molecule has 1 aliphatic rings. The molecule has 1 fully saturated rings. The normalized spacial score (nSPS) is 14.7. The molecule has 3 rings (SSSR count). The highest BCUT2D eigenvalue weighted by Crippen LogP contribution is 2.14. The van der Waals surface area contributed by atoms with Gasteiger partial charge in [-0.2, -0.15) is 0 Å². The number of hydrogen-bond donors (Lipinski definition) is 0. The summed E-state index contributed by atoms with van der Waals surface area (Å²) in [5.74, 6) is 1.01. The van der Waals surface area contributed by atoms with Crippen LogP contribution < -0.4 is 4.74 Å². The quantitative estimate of drug-likeness (QED) is 0.705. The number of ether oxygens (including phenoxy) is 1. The van der Waals surface area contributed by atoms with Crippen LogP contribution in [0.2, 0.25) is 0 Å². The molecule has 8 heteroatoms. The lowest BCUT2D eigenvalue weighted by molar-refractivity contribution is -0.132. The van der Waals surface area contributed by atoms with Gasteiger partial charge in [-0.15, -0.1) is 0 Å². The standard InChI is InChI=1S/C21H28N4O4/c1-4-28-18-7-5-17(6-8-18)14-23(3)20(26)15-24-9-11-25(12-10-24)21(27)19-13-16(2)22-29-19/h5-8,13H,4,9-12,14-15H2,1-3H3. The maximum absolute atomic E-state index is 12.6. The van der Waals surface area contributed by atoms with Gasteiger partial charge < -0.3 is 19.1 Å². The van der Waals surface area contributed by atoms with E-state index in [-0.39, 0.29) is 17.6 Å². The van der Waals surface area contributed by atoms with E-state index in [1.807, 2.05) is 38.2 Å². The van der Waals surface area contributed by atoms with Crippen LogP contribution in [0.3, 0.4) is 0 Å². The number of rotatable bonds is 7. The van der Waals surface area contributed by atoms with Crippen molar-refractivity contribution >= 4 is 11.8 Å². The molecule has 0 N–H and O–H groups in total. The second kappa shape index (κ2) is 9.56. The van der Waals surface area contributed by atoms with Crippen molar-refractivity contribution in [3.05, 3.63) is 47.3 Å². The van der Waals surface area contributed by atoms with Gasteiger partial charge in [0.05, 0.1) is 18.8 Å². The van der Waals surface area contributed by atoms with Crippen LogP contribution in [0, 0.1) is 6.92 Å². The fourth-order valence-electron chi connectivity index (χ4n) is 3.26. The Kier molecular flexibility index (Phi) is 6.87. The average molecular weight is 400 g/mol. The molecule has 2 heterocycles. The molecule has 1 aliphatic heterocycles. The third-order valence-electron chi connectivity index (χ3n) is 4.94. The van der Waals surface area contributed by atoms with E-state index >= 15 is 0 Å². The minimum atomic E-state index is -0.149. The molecule has 1 aromatic carbocycles. The zero-order chi connectivity index (χ0) is 20.8. The molecule has 156 valence electrons. The van der Waals surface area contributed by atoms with Crippen LogP contribution in [0.15, 0.2) is 34.9 Å². The summed E-state index contributed by atoms with van der Waals surface area (Å²) in [5.41, 5.74) is 1.75. The summed E-state index contributed by atoms with van der Waals surface area (Å²) in [5, 5.41) is 3.76. The molecule has 0 bridgehead atoms. The first-order valence-corrected chi connectivity index (χ1v) is 9.87. The molecule has 1 saturated heterocycles. The summed E-state index contributed by atoms with van der Waals surface area (Å²) in [6, 6.07) is 9.44. The van der Waals surface area contributed by atoms with Gasteiger partial charge in [0.1, 0.15) is 5.75 Å². The highest BCUT2D eigenvalue weighted by molar-refractivity contribution is 5.91. The molecule has 8 nitrogen and oxygen atoms in total. The molecule has 0 saturated carbocycles. The Balaban J connectivity index is 1.44. The third kappa shape index (κ3) is 5.57. The molecular formula is C21H28N4O4. The summed E-state index contributed by atoms with van der Waals surface area (Å²) in [6.07, 6.45) is 0. The number of likely N-dealkylation sites (N-methyl/N-ethyl adjacent to an activating group) is 1. The summed E-state index contributed by atoms with van der Waals surface area (Å²) < 4.78 is 10.5. The van der Waals surface area contributed by atoms with Crippen LogP contribution in [-0.2, 0) is 11.3 Å². The summed E-state index contributed by atoms with van der Waals surface area (Å²) in [4.78, 5) is 30.5. The molecule has 29 heavy (non-hydrogen) atoms. The highest BCUT2D eigenvalue weighted by Gasteiger charge is 2.26. The fourth-order valence-corrected chi connectivity index (χ4v) is 3.26. The topological polar surface area (TPSA) is 79.1 Å². The van der Waals surface area contributed by atoms with Crippen molar-refractivity contribution in [1.82, 2.24) is 19.9 Å². The second-order valence-electron chi connectivity index (χ2n) is 7.23. The smallest absolute Gasteiger partial charge is 0.292 e. The van der Waals surface area contributed by atoms with Crippen LogP contribution in [-0.4, -0.2) is 78.0 Å². The molecule has 0 spiro atoms. The second-order valence-corrected chi connectivity index (χ2v) is 7.23. The molecule has 2 amide bonds. The number of hydrogen-bond acceptors (Lipinski definition) is 6. The van der Waals surface area contributed by atoms with E-state index in [9.17, 15) is 9.59 Å². The maximum atomic E-state index is 12.6. The number of aryl methyl sites for hydroxylation is 1. The van der Waals surface area contributed by atoms with Gasteiger partial charge in [-0.25, -0.2) is 0 Å². The first-order chi connectivity index (χ1) is 14.0. The fraction of sp³-hybridized carbons (Fsp3) is 0.476. The molecule has 1 aromatic heterocycles. The Morgan fingerprint density at radius 2 is 1.86 bits per heavy atom. The lowest BCUT2D eigenvalue weighted by atomic mass is 10.2. The minimum Gasteiger partial charge on any atom is -0.494 e. The van der Waals surface area contributed by atoms with Crippen molar-refractivity contribution in [3.63, 3.8) is 0 Å². The number of aromatic nitrogens is 1. The van der Waals surface area contributed by atoms with Gasteiger partial charge in [0.15, 0.2) is 0 Å². The lowest BCUT2D eigenvalue weighted by Gasteiger charge is -2.34. The first kappa shape index (κ1) is 20.9. The van der Waals surface area contributed by atoms with E-state index in [0.717, 1.165) is 11.3 Å². The lowest BCUT2D eigenvalue weighted by Crippen LogP contribution is -2.51. The monoisotopic (exact) mass is 400 g/mol. The summed E-state index contributed by atoms with van der Waals surface area (Å²) in [6.45, 7) is 7.70. The molecule has 0 radical (unpaired) electrons. The van der Waals surface area contributed by atoms with E-state index in [1.54, 1.807) is 22.8 Å².